The molecule has 0 amide bonds. The van der Waals surface area contributed by atoms with Crippen LogP contribution in [-0.2, 0) is 9.47 Å². The summed E-state index contributed by atoms with van der Waals surface area (Å²) in [6.45, 7) is 12.0. The van der Waals surface area contributed by atoms with E-state index in [1.165, 1.54) is 44.1 Å². The largest absolute Gasteiger partial charge is 0.459 e. The first-order chi connectivity index (χ1) is 22.4. The maximum atomic E-state index is 13.7. The van der Waals surface area contributed by atoms with E-state index >= 15 is 0 Å². The summed E-state index contributed by atoms with van der Waals surface area (Å²) < 4.78 is 12.7. The van der Waals surface area contributed by atoms with Gasteiger partial charge < -0.3 is 20.9 Å². The Morgan fingerprint density at radius 2 is 1.36 bits per heavy atom. The van der Waals surface area contributed by atoms with Crippen LogP contribution in [0.4, 0.5) is 11.4 Å². The van der Waals surface area contributed by atoms with E-state index < -0.39 is 0 Å². The molecule has 4 N–H and O–H groups in total. The number of hydrogen-bond donors (Lipinski definition) is 2. The van der Waals surface area contributed by atoms with Crippen LogP contribution in [0.15, 0.2) is 60.2 Å². The lowest BCUT2D eigenvalue weighted by Gasteiger charge is -2.62. The Balaban J connectivity index is 1.25. The number of rotatable bonds is 8. The van der Waals surface area contributed by atoms with Crippen LogP contribution in [-0.4, -0.2) is 24.1 Å². The zero-order valence-electron chi connectivity index (χ0n) is 29.2. The van der Waals surface area contributed by atoms with Gasteiger partial charge in [0.25, 0.3) is 0 Å². The topological polar surface area (TPSA) is 105 Å². The third-order valence-electron chi connectivity index (χ3n) is 13.4. The number of carbonyl (C=O) groups is 2. The number of esters is 2. The molecule has 0 aromatic heterocycles. The van der Waals surface area contributed by atoms with Gasteiger partial charge in [-0.3, -0.25) is 0 Å². The van der Waals surface area contributed by atoms with Crippen molar-refractivity contribution in [3.05, 3.63) is 71.3 Å². The van der Waals surface area contributed by atoms with Gasteiger partial charge in [-0.05, 0) is 167 Å². The molecule has 10 atom stereocenters. The first kappa shape index (κ1) is 33.6. The van der Waals surface area contributed by atoms with Gasteiger partial charge in [-0.1, -0.05) is 32.4 Å². The van der Waals surface area contributed by atoms with Crippen LogP contribution in [0.5, 0.6) is 0 Å². The number of benzene rings is 2. The van der Waals surface area contributed by atoms with Crippen molar-refractivity contribution in [1.29, 1.82) is 0 Å². The molecule has 0 spiro atoms. The third kappa shape index (κ3) is 6.58. The SMILES string of the molecule is CC(C)=CCCC(C)C1CCC2C3CC(OC(=O)c4ccc(N)cc4)C4CC(OC(=O)c5ccc(N)cc5)CCC4(C)C3CCC12C. The van der Waals surface area contributed by atoms with E-state index in [4.69, 9.17) is 20.9 Å². The minimum absolute atomic E-state index is 0.0214. The van der Waals surface area contributed by atoms with E-state index in [9.17, 15) is 9.59 Å². The fourth-order valence-corrected chi connectivity index (χ4v) is 10.9. The molecule has 47 heavy (non-hydrogen) atoms. The second-order valence-corrected chi connectivity index (χ2v) is 16.3. The van der Waals surface area contributed by atoms with Crippen LogP contribution in [0.25, 0.3) is 0 Å². The Kier molecular flexibility index (Phi) is 9.53. The van der Waals surface area contributed by atoms with Gasteiger partial charge >= 0.3 is 11.9 Å². The molecule has 4 aliphatic carbocycles. The smallest absolute Gasteiger partial charge is 0.338 e. The Labute approximate surface area is 282 Å². The van der Waals surface area contributed by atoms with Gasteiger partial charge in [-0.25, -0.2) is 9.59 Å². The van der Waals surface area contributed by atoms with Crippen molar-refractivity contribution in [2.24, 2.45) is 46.3 Å². The number of carbonyl (C=O) groups excluding carboxylic acids is 2. The summed E-state index contributed by atoms with van der Waals surface area (Å²) >= 11 is 0. The number of hydrogen-bond acceptors (Lipinski definition) is 6. The number of fused-ring (bicyclic) bond motifs is 5. The first-order valence-electron chi connectivity index (χ1n) is 18.2. The van der Waals surface area contributed by atoms with Crippen LogP contribution in [0.3, 0.4) is 0 Å². The van der Waals surface area contributed by atoms with E-state index in [1.54, 1.807) is 48.5 Å². The van der Waals surface area contributed by atoms with Gasteiger partial charge in [0.05, 0.1) is 11.1 Å². The summed E-state index contributed by atoms with van der Waals surface area (Å²) in [5, 5.41) is 0. The summed E-state index contributed by atoms with van der Waals surface area (Å²) in [5.74, 6) is 2.74. The van der Waals surface area contributed by atoms with Crippen LogP contribution in [0, 0.1) is 46.3 Å². The van der Waals surface area contributed by atoms with Gasteiger partial charge in [-0.15, -0.1) is 0 Å². The molecule has 254 valence electrons. The summed E-state index contributed by atoms with van der Waals surface area (Å²) in [6, 6.07) is 14.0. The Hall–Kier alpha value is -3.28. The van der Waals surface area contributed by atoms with E-state index in [1.807, 2.05) is 0 Å². The lowest BCUT2D eigenvalue weighted by Crippen LogP contribution is -2.59. The lowest BCUT2D eigenvalue weighted by molar-refractivity contribution is -0.173. The minimum Gasteiger partial charge on any atom is -0.459 e. The molecule has 6 nitrogen and oxygen atoms in total. The van der Waals surface area contributed by atoms with Crippen LogP contribution >= 0.6 is 0 Å². The highest BCUT2D eigenvalue weighted by Gasteiger charge is 2.63. The Morgan fingerprint density at radius 1 is 0.787 bits per heavy atom. The van der Waals surface area contributed by atoms with E-state index in [0.717, 1.165) is 25.2 Å². The van der Waals surface area contributed by atoms with E-state index in [2.05, 4.69) is 40.7 Å². The first-order valence-corrected chi connectivity index (χ1v) is 18.2. The highest BCUT2D eigenvalue weighted by molar-refractivity contribution is 5.90. The predicted molar refractivity (Wildman–Crippen MR) is 189 cm³/mol. The van der Waals surface area contributed by atoms with Gasteiger partial charge in [0.1, 0.15) is 12.2 Å². The van der Waals surface area contributed by atoms with Crippen molar-refractivity contribution >= 4 is 23.3 Å². The summed E-state index contributed by atoms with van der Waals surface area (Å²) in [7, 11) is 0. The molecule has 0 heterocycles. The van der Waals surface area contributed by atoms with Crippen molar-refractivity contribution < 1.29 is 19.1 Å². The normalized spacial score (nSPS) is 35.0. The molecule has 4 aliphatic rings. The molecule has 2 aromatic rings. The minimum atomic E-state index is -0.313. The lowest BCUT2D eigenvalue weighted by atomic mass is 9.43. The zero-order valence-corrected chi connectivity index (χ0v) is 29.2. The zero-order chi connectivity index (χ0) is 33.5. The fourth-order valence-electron chi connectivity index (χ4n) is 10.9. The fraction of sp³-hybridized carbons (Fsp3) is 0.610. The molecule has 0 aliphatic heterocycles. The molecule has 6 rings (SSSR count). The second-order valence-electron chi connectivity index (χ2n) is 16.3. The predicted octanol–water partition coefficient (Wildman–Crippen LogP) is 9.25. The molecular weight excluding hydrogens is 584 g/mol. The molecule has 6 heteroatoms. The van der Waals surface area contributed by atoms with Gasteiger partial charge in [0, 0.05) is 17.3 Å². The molecule has 0 radical (unpaired) electrons. The number of ether oxygens (including phenoxy) is 2. The monoisotopic (exact) mass is 640 g/mol. The van der Waals surface area contributed by atoms with Crippen molar-refractivity contribution in [1.82, 2.24) is 0 Å². The van der Waals surface area contributed by atoms with Crippen molar-refractivity contribution in [3.63, 3.8) is 0 Å². The molecule has 0 bridgehead atoms. The molecule has 2 aromatic carbocycles. The quantitative estimate of drug-likeness (QED) is 0.169. The van der Waals surface area contributed by atoms with E-state index in [0.29, 0.717) is 58.0 Å². The third-order valence-corrected chi connectivity index (χ3v) is 13.4. The standard InChI is InChI=1S/C41H56N2O4/c1-25(2)7-6-8-26(3)33-17-18-34-32-24-37(47-39(45)28-11-15-30(43)16-12-28)36-23-31(46-38(44)27-9-13-29(42)14-10-27)19-21-41(36,5)35(32)20-22-40(33,34)4/h7,9-16,26,31-37H,6,8,17-24,42-43H2,1-5H3. The second kappa shape index (κ2) is 13.3. The molecule has 10 unspecified atom stereocenters. The number of nitrogens with two attached hydrogens (primary N) is 2. The van der Waals surface area contributed by atoms with Gasteiger partial charge in [0.2, 0.25) is 0 Å². The number of allylic oxidation sites excluding steroid dienone is 2. The van der Waals surface area contributed by atoms with Crippen molar-refractivity contribution in [2.45, 2.75) is 111 Å². The molecular formula is C41H56N2O4. The highest BCUT2D eigenvalue weighted by atomic mass is 16.6. The Bertz CT molecular complexity index is 1460. The average molecular weight is 641 g/mol. The maximum Gasteiger partial charge on any atom is 0.338 e. The van der Waals surface area contributed by atoms with Crippen LogP contribution in [0.1, 0.15) is 120 Å². The van der Waals surface area contributed by atoms with Crippen molar-refractivity contribution in [2.75, 3.05) is 11.5 Å². The maximum absolute atomic E-state index is 13.7. The molecule has 4 fully saturated rings. The van der Waals surface area contributed by atoms with Gasteiger partial charge in [-0.2, -0.15) is 0 Å². The van der Waals surface area contributed by atoms with Crippen LogP contribution in [0.2, 0.25) is 0 Å². The summed E-state index contributed by atoms with van der Waals surface area (Å²) in [5.41, 5.74) is 15.8. The van der Waals surface area contributed by atoms with Gasteiger partial charge in [0.15, 0.2) is 0 Å². The molecule has 4 saturated carbocycles. The number of nitrogen functional groups attached to an aromatic ring is 2. The molecule has 0 saturated heterocycles. The highest BCUT2D eigenvalue weighted by Crippen LogP contribution is 2.68. The van der Waals surface area contributed by atoms with E-state index in [-0.39, 0.29) is 35.5 Å². The Morgan fingerprint density at radius 3 is 1.98 bits per heavy atom. The summed E-state index contributed by atoms with van der Waals surface area (Å²) in [6.07, 6.45) is 12.9. The average Bonchev–Trinajstić information content (AvgIpc) is 3.39. The number of anilines is 2. The van der Waals surface area contributed by atoms with Crippen molar-refractivity contribution in [3.8, 4) is 0 Å². The summed E-state index contributed by atoms with van der Waals surface area (Å²) in [4.78, 5) is 26.8. The van der Waals surface area contributed by atoms with Crippen LogP contribution < -0.4 is 11.5 Å².